The van der Waals surface area contributed by atoms with E-state index in [2.05, 4.69) is 4.99 Å². The number of nitrogens with zero attached hydrogens (tertiary/aromatic N) is 2. The quantitative estimate of drug-likeness (QED) is 0.624. The van der Waals surface area contributed by atoms with Crippen molar-refractivity contribution in [3.05, 3.63) is 29.8 Å². The summed E-state index contributed by atoms with van der Waals surface area (Å²) in [6, 6.07) is 2.19. The molecule has 0 aromatic heterocycles. The lowest BCUT2D eigenvalue weighted by Gasteiger charge is -2.20. The largest absolute Gasteiger partial charge is 0.247 e. The normalized spacial score (nSPS) is 20.2. The van der Waals surface area contributed by atoms with Gasteiger partial charge in [-0.15, -0.1) is 0 Å². The van der Waals surface area contributed by atoms with Gasteiger partial charge in [-0.25, -0.2) is 22.0 Å². The molecule has 0 radical (unpaired) electrons. The number of aliphatic imine (C=N–C) groups is 1. The number of isocyanates is 1. The van der Waals surface area contributed by atoms with Crippen molar-refractivity contribution < 1.29 is 22.0 Å². The second-order valence-corrected chi connectivity index (χ2v) is 5.89. The van der Waals surface area contributed by atoms with Gasteiger partial charge in [0.1, 0.15) is 22.7 Å². The van der Waals surface area contributed by atoms with Crippen LogP contribution in [0.4, 0.5) is 8.78 Å². The van der Waals surface area contributed by atoms with Crippen LogP contribution in [0.5, 0.6) is 0 Å². The predicted molar refractivity (Wildman–Crippen MR) is 61.4 cm³/mol. The van der Waals surface area contributed by atoms with Crippen LogP contribution >= 0.6 is 0 Å². The first-order valence-corrected chi connectivity index (χ1v) is 6.94. The second kappa shape index (κ2) is 5.16. The first-order chi connectivity index (χ1) is 8.96. The Morgan fingerprint density at radius 3 is 2.79 bits per heavy atom. The van der Waals surface area contributed by atoms with Crippen molar-refractivity contribution in [2.45, 2.75) is 23.9 Å². The highest BCUT2D eigenvalue weighted by atomic mass is 32.2. The molecule has 1 unspecified atom stereocenters. The Balaban J connectivity index is 2.47. The number of hydrogen-bond donors (Lipinski definition) is 0. The molecule has 1 aliphatic rings. The summed E-state index contributed by atoms with van der Waals surface area (Å²) in [6.07, 6.45) is 1.24. The smallest absolute Gasteiger partial charge is 0.211 e. The zero-order chi connectivity index (χ0) is 14.0. The lowest BCUT2D eigenvalue weighted by atomic mass is 10.3. The molecule has 0 bridgehead atoms. The van der Waals surface area contributed by atoms with Crippen LogP contribution in [0.15, 0.2) is 28.1 Å². The van der Waals surface area contributed by atoms with Gasteiger partial charge in [-0.2, -0.15) is 9.30 Å². The maximum atomic E-state index is 13.6. The molecule has 2 rings (SSSR count). The Kier molecular flexibility index (Phi) is 3.75. The number of carbonyl (C=O) groups excluding carboxylic acids is 1. The van der Waals surface area contributed by atoms with E-state index in [-0.39, 0.29) is 6.54 Å². The van der Waals surface area contributed by atoms with Gasteiger partial charge in [-0.1, -0.05) is 0 Å². The van der Waals surface area contributed by atoms with Crippen LogP contribution < -0.4 is 0 Å². The fourth-order valence-electron chi connectivity index (χ4n) is 1.99. The minimum atomic E-state index is -4.22. The highest BCUT2D eigenvalue weighted by Crippen LogP contribution is 2.28. The zero-order valence-corrected chi connectivity index (χ0v) is 10.5. The third-order valence-electron chi connectivity index (χ3n) is 2.85. The van der Waals surface area contributed by atoms with Crippen LogP contribution in [0.2, 0.25) is 0 Å². The van der Waals surface area contributed by atoms with Crippen molar-refractivity contribution >= 4 is 16.1 Å². The molecule has 1 aliphatic heterocycles. The fourth-order valence-corrected chi connectivity index (χ4v) is 3.67. The first-order valence-electron chi connectivity index (χ1n) is 5.50. The van der Waals surface area contributed by atoms with E-state index in [0.29, 0.717) is 18.9 Å². The topological polar surface area (TPSA) is 66.8 Å². The molecular formula is C11H10F2N2O3S. The number of rotatable bonds is 3. The average molecular weight is 288 g/mol. The van der Waals surface area contributed by atoms with E-state index in [1.807, 2.05) is 0 Å². The third-order valence-corrected chi connectivity index (χ3v) is 4.77. The van der Waals surface area contributed by atoms with E-state index in [4.69, 9.17) is 0 Å². The standard InChI is InChI=1S/C11H10F2N2O3S/c12-8-3-4-9(13)10(6-8)19(17,18)15-5-1-2-11(15)14-7-16/h3-4,6,11H,1-2,5H2. The summed E-state index contributed by atoms with van der Waals surface area (Å²) in [7, 11) is -4.22. The van der Waals surface area contributed by atoms with Crippen molar-refractivity contribution in [2.24, 2.45) is 4.99 Å². The molecule has 0 amide bonds. The minimum absolute atomic E-state index is 0.105. The molecule has 1 aromatic carbocycles. The number of hydrogen-bond acceptors (Lipinski definition) is 4. The van der Waals surface area contributed by atoms with Crippen molar-refractivity contribution in [3.8, 4) is 0 Å². The Hall–Kier alpha value is -1.63. The molecule has 1 heterocycles. The van der Waals surface area contributed by atoms with Gasteiger partial charge < -0.3 is 0 Å². The molecule has 1 fully saturated rings. The van der Waals surface area contributed by atoms with Gasteiger partial charge >= 0.3 is 0 Å². The van der Waals surface area contributed by atoms with E-state index in [1.165, 1.54) is 6.08 Å². The summed E-state index contributed by atoms with van der Waals surface area (Å²) < 4.78 is 52.0. The Labute approximate surface area is 108 Å². The minimum Gasteiger partial charge on any atom is -0.211 e. The molecule has 8 heteroatoms. The molecule has 19 heavy (non-hydrogen) atoms. The van der Waals surface area contributed by atoms with Crippen LogP contribution in [-0.2, 0) is 14.8 Å². The van der Waals surface area contributed by atoms with Gasteiger partial charge in [0.25, 0.3) is 0 Å². The lowest BCUT2D eigenvalue weighted by Crippen LogP contribution is -2.34. The monoisotopic (exact) mass is 288 g/mol. The number of sulfonamides is 1. The van der Waals surface area contributed by atoms with Crippen LogP contribution in [0.1, 0.15) is 12.8 Å². The van der Waals surface area contributed by atoms with Crippen molar-refractivity contribution in [1.29, 1.82) is 0 Å². The fraction of sp³-hybridized carbons (Fsp3) is 0.364. The van der Waals surface area contributed by atoms with Gasteiger partial charge in [0.15, 0.2) is 0 Å². The molecule has 0 spiro atoms. The van der Waals surface area contributed by atoms with Gasteiger partial charge in [-0.3, -0.25) is 0 Å². The highest BCUT2D eigenvalue weighted by molar-refractivity contribution is 7.89. The molecule has 0 N–H and O–H groups in total. The summed E-state index contributed by atoms with van der Waals surface area (Å²) in [4.78, 5) is 12.9. The molecule has 1 saturated heterocycles. The number of halogens is 2. The van der Waals surface area contributed by atoms with Gasteiger partial charge in [0.2, 0.25) is 16.1 Å². The predicted octanol–water partition coefficient (Wildman–Crippen LogP) is 1.41. The SMILES string of the molecule is O=C=NC1CCCN1S(=O)(=O)c1cc(F)ccc1F. The summed E-state index contributed by atoms with van der Waals surface area (Å²) in [5, 5.41) is 0. The maximum absolute atomic E-state index is 13.6. The van der Waals surface area contributed by atoms with E-state index in [1.54, 1.807) is 0 Å². The molecule has 0 saturated carbocycles. The van der Waals surface area contributed by atoms with Crippen molar-refractivity contribution in [2.75, 3.05) is 6.54 Å². The Morgan fingerprint density at radius 2 is 2.11 bits per heavy atom. The van der Waals surface area contributed by atoms with Crippen LogP contribution in [0.3, 0.4) is 0 Å². The van der Waals surface area contributed by atoms with Gasteiger partial charge in [0.05, 0.1) is 0 Å². The van der Waals surface area contributed by atoms with Crippen molar-refractivity contribution in [1.82, 2.24) is 4.31 Å². The molecule has 5 nitrogen and oxygen atoms in total. The second-order valence-electron chi connectivity index (χ2n) is 4.03. The number of benzene rings is 1. The van der Waals surface area contributed by atoms with Gasteiger partial charge in [-0.05, 0) is 31.0 Å². The molecule has 1 atom stereocenters. The summed E-state index contributed by atoms with van der Waals surface area (Å²) >= 11 is 0. The van der Waals surface area contributed by atoms with E-state index in [0.717, 1.165) is 16.4 Å². The van der Waals surface area contributed by atoms with Crippen LogP contribution in [0, 0.1) is 11.6 Å². The average Bonchev–Trinajstić information content (AvgIpc) is 2.81. The van der Waals surface area contributed by atoms with Crippen LogP contribution in [0.25, 0.3) is 0 Å². The Bertz CT molecular complexity index is 641. The molecule has 102 valence electrons. The van der Waals surface area contributed by atoms with Gasteiger partial charge in [0, 0.05) is 6.54 Å². The van der Waals surface area contributed by atoms with E-state index in [9.17, 15) is 22.0 Å². The zero-order valence-electron chi connectivity index (χ0n) is 9.71. The van der Waals surface area contributed by atoms with E-state index >= 15 is 0 Å². The molecule has 1 aromatic rings. The maximum Gasteiger partial charge on any atom is 0.247 e. The molecular weight excluding hydrogens is 278 g/mol. The van der Waals surface area contributed by atoms with E-state index < -0.39 is 32.7 Å². The summed E-state index contributed by atoms with van der Waals surface area (Å²) in [5.74, 6) is -1.89. The summed E-state index contributed by atoms with van der Waals surface area (Å²) in [6.45, 7) is 0.105. The molecule has 0 aliphatic carbocycles. The highest BCUT2D eigenvalue weighted by Gasteiger charge is 2.37. The first kappa shape index (κ1) is 13.8. The van der Waals surface area contributed by atoms with Crippen molar-refractivity contribution in [3.63, 3.8) is 0 Å². The Morgan fingerprint density at radius 1 is 1.37 bits per heavy atom. The van der Waals surface area contributed by atoms with Crippen LogP contribution in [-0.4, -0.2) is 31.5 Å². The summed E-state index contributed by atoms with van der Waals surface area (Å²) in [5.41, 5.74) is 0. The lowest BCUT2D eigenvalue weighted by molar-refractivity contribution is 0.392. The third kappa shape index (κ3) is 2.56.